The topological polar surface area (TPSA) is 89.5 Å². The van der Waals surface area contributed by atoms with Gasteiger partial charge in [-0.3, -0.25) is 14.2 Å². The zero-order valence-electron chi connectivity index (χ0n) is 19.6. The molecule has 184 valence electrons. The standard InChI is InChI=1S/C28H21ClN4O3S/c29-19-9-5-17(6-10-19)23-14-13-21(36-23)15-31-32-26(34)18-7-11-20(12-8-18)33-16-30-27-25(28(33)35)22-3-1-2-4-24(22)37-27/h5-16H,1-4H2,(H,32,34)/b31-15+. The van der Waals surface area contributed by atoms with Gasteiger partial charge in [-0.05, 0) is 91.9 Å². The number of benzene rings is 2. The first-order chi connectivity index (χ1) is 18.1. The van der Waals surface area contributed by atoms with E-state index in [0.29, 0.717) is 27.8 Å². The van der Waals surface area contributed by atoms with Gasteiger partial charge in [-0.15, -0.1) is 11.3 Å². The fraction of sp³-hybridized carbons (Fsp3) is 0.143. The Morgan fingerprint density at radius 2 is 1.84 bits per heavy atom. The summed E-state index contributed by atoms with van der Waals surface area (Å²) in [5.74, 6) is 0.796. The fourth-order valence-corrected chi connectivity index (χ4v) is 5.86. The van der Waals surface area contributed by atoms with Crippen LogP contribution in [0, 0.1) is 0 Å². The van der Waals surface area contributed by atoms with Gasteiger partial charge >= 0.3 is 0 Å². The summed E-state index contributed by atoms with van der Waals surface area (Å²) >= 11 is 7.56. The summed E-state index contributed by atoms with van der Waals surface area (Å²) in [6, 6.07) is 17.7. The van der Waals surface area contributed by atoms with Gasteiger partial charge in [-0.1, -0.05) is 11.6 Å². The molecule has 0 spiro atoms. The highest BCUT2D eigenvalue weighted by Crippen LogP contribution is 2.33. The molecule has 1 N–H and O–H groups in total. The van der Waals surface area contributed by atoms with E-state index < -0.39 is 0 Å². The molecule has 1 aliphatic carbocycles. The van der Waals surface area contributed by atoms with E-state index >= 15 is 0 Å². The molecule has 0 fully saturated rings. The van der Waals surface area contributed by atoms with E-state index in [2.05, 4.69) is 15.5 Å². The number of aryl methyl sites for hydroxylation is 2. The number of nitrogens with zero attached hydrogens (tertiary/aromatic N) is 3. The minimum absolute atomic E-state index is 0.0670. The van der Waals surface area contributed by atoms with Crippen molar-refractivity contribution >= 4 is 45.3 Å². The lowest BCUT2D eigenvalue weighted by atomic mass is 9.97. The van der Waals surface area contributed by atoms with Crippen LogP contribution in [0.1, 0.15) is 39.4 Å². The zero-order valence-corrected chi connectivity index (χ0v) is 21.2. The first-order valence-corrected chi connectivity index (χ1v) is 13.1. The summed E-state index contributed by atoms with van der Waals surface area (Å²) in [6.07, 6.45) is 7.21. The summed E-state index contributed by atoms with van der Waals surface area (Å²) in [5.41, 5.74) is 5.55. The highest BCUT2D eigenvalue weighted by Gasteiger charge is 2.20. The molecular weight excluding hydrogens is 508 g/mol. The van der Waals surface area contributed by atoms with Crippen LogP contribution in [0.3, 0.4) is 0 Å². The average molecular weight is 529 g/mol. The van der Waals surface area contributed by atoms with Crippen LogP contribution in [0.2, 0.25) is 5.02 Å². The van der Waals surface area contributed by atoms with Crippen molar-refractivity contribution in [2.45, 2.75) is 25.7 Å². The Morgan fingerprint density at radius 3 is 2.65 bits per heavy atom. The predicted molar refractivity (Wildman–Crippen MR) is 146 cm³/mol. The molecule has 0 radical (unpaired) electrons. The molecule has 5 aromatic rings. The maximum atomic E-state index is 13.3. The van der Waals surface area contributed by atoms with Crippen LogP contribution in [0.25, 0.3) is 27.2 Å². The van der Waals surface area contributed by atoms with Crippen LogP contribution >= 0.6 is 22.9 Å². The molecule has 1 aliphatic rings. The van der Waals surface area contributed by atoms with Crippen molar-refractivity contribution in [1.29, 1.82) is 0 Å². The molecule has 3 heterocycles. The Labute approximate surface area is 221 Å². The van der Waals surface area contributed by atoms with Gasteiger partial charge in [0.05, 0.1) is 17.3 Å². The molecule has 37 heavy (non-hydrogen) atoms. The van der Waals surface area contributed by atoms with E-state index in [4.69, 9.17) is 16.0 Å². The Bertz CT molecular complexity index is 1700. The first-order valence-electron chi connectivity index (χ1n) is 11.9. The number of amides is 1. The number of rotatable bonds is 5. The highest BCUT2D eigenvalue weighted by molar-refractivity contribution is 7.18. The number of nitrogens with one attached hydrogen (secondary N) is 1. The molecular formula is C28H21ClN4O3S. The van der Waals surface area contributed by atoms with Crippen molar-refractivity contribution in [1.82, 2.24) is 15.0 Å². The number of furan rings is 1. The molecule has 0 bridgehead atoms. The second-order valence-electron chi connectivity index (χ2n) is 8.77. The third-order valence-electron chi connectivity index (χ3n) is 6.40. The lowest BCUT2D eigenvalue weighted by molar-refractivity contribution is 0.0955. The van der Waals surface area contributed by atoms with Crippen LogP contribution in [0.15, 0.2) is 81.3 Å². The Kier molecular flexibility index (Phi) is 6.20. The maximum absolute atomic E-state index is 13.3. The smallest absolute Gasteiger partial charge is 0.271 e. The number of fused-ring (bicyclic) bond motifs is 3. The Hall–Kier alpha value is -4.01. The second kappa shape index (κ2) is 9.80. The van der Waals surface area contributed by atoms with Gasteiger partial charge in [0.1, 0.15) is 22.7 Å². The fourth-order valence-electron chi connectivity index (χ4n) is 4.51. The van der Waals surface area contributed by atoms with Crippen LogP contribution in [-0.4, -0.2) is 21.7 Å². The number of hydrogen-bond donors (Lipinski definition) is 1. The van der Waals surface area contributed by atoms with E-state index in [1.165, 1.54) is 11.1 Å². The average Bonchev–Trinajstić information content (AvgIpc) is 3.54. The second-order valence-corrected chi connectivity index (χ2v) is 10.3. The first kappa shape index (κ1) is 23.4. The Balaban J connectivity index is 1.15. The number of aromatic nitrogens is 2. The number of carbonyl (C=O) groups excluding carboxylic acids is 1. The van der Waals surface area contributed by atoms with Crippen molar-refractivity contribution < 1.29 is 9.21 Å². The number of hydrogen-bond acceptors (Lipinski definition) is 6. The molecule has 0 saturated heterocycles. The molecule has 0 unspecified atom stereocenters. The van der Waals surface area contributed by atoms with E-state index in [-0.39, 0.29) is 11.5 Å². The SMILES string of the molecule is O=C(N/N=C/c1ccc(-c2ccc(Cl)cc2)o1)c1ccc(-n2cnc3sc4c(c3c2=O)CCCC4)cc1. The number of halogens is 1. The van der Waals surface area contributed by atoms with E-state index in [9.17, 15) is 9.59 Å². The predicted octanol–water partition coefficient (Wildman–Crippen LogP) is 6.00. The van der Waals surface area contributed by atoms with Gasteiger partial charge in [0, 0.05) is 21.0 Å². The molecule has 6 rings (SSSR count). The van der Waals surface area contributed by atoms with E-state index in [0.717, 1.165) is 47.0 Å². The minimum atomic E-state index is -0.375. The third kappa shape index (κ3) is 4.61. The highest BCUT2D eigenvalue weighted by atomic mass is 35.5. The van der Waals surface area contributed by atoms with Crippen molar-refractivity contribution in [2.75, 3.05) is 0 Å². The minimum Gasteiger partial charge on any atom is -0.455 e. The lowest BCUT2D eigenvalue weighted by Crippen LogP contribution is -2.20. The van der Waals surface area contributed by atoms with Gasteiger partial charge in [-0.2, -0.15) is 5.10 Å². The van der Waals surface area contributed by atoms with Gasteiger partial charge in [-0.25, -0.2) is 10.4 Å². The molecule has 7 nitrogen and oxygen atoms in total. The van der Waals surface area contributed by atoms with Crippen LogP contribution < -0.4 is 11.0 Å². The maximum Gasteiger partial charge on any atom is 0.271 e. The van der Waals surface area contributed by atoms with Crippen molar-refractivity contribution in [2.24, 2.45) is 5.10 Å². The van der Waals surface area contributed by atoms with Gasteiger partial charge in [0.2, 0.25) is 0 Å². The van der Waals surface area contributed by atoms with Crippen molar-refractivity contribution in [3.8, 4) is 17.0 Å². The number of carbonyl (C=O) groups is 1. The summed E-state index contributed by atoms with van der Waals surface area (Å²) in [5, 5.41) is 5.38. The van der Waals surface area contributed by atoms with Gasteiger partial charge in [0.25, 0.3) is 11.5 Å². The van der Waals surface area contributed by atoms with Gasteiger partial charge in [0.15, 0.2) is 0 Å². The zero-order chi connectivity index (χ0) is 25.4. The van der Waals surface area contributed by atoms with Crippen molar-refractivity contribution in [3.63, 3.8) is 0 Å². The normalized spacial score (nSPS) is 13.2. The third-order valence-corrected chi connectivity index (χ3v) is 7.85. The summed E-state index contributed by atoms with van der Waals surface area (Å²) in [4.78, 5) is 32.5. The van der Waals surface area contributed by atoms with E-state index in [1.54, 1.807) is 64.7 Å². The monoisotopic (exact) mass is 528 g/mol. The quantitative estimate of drug-likeness (QED) is 0.224. The lowest BCUT2D eigenvalue weighted by Gasteiger charge is -2.10. The number of hydrazone groups is 1. The Morgan fingerprint density at radius 1 is 1.05 bits per heavy atom. The molecule has 9 heteroatoms. The summed E-state index contributed by atoms with van der Waals surface area (Å²) in [7, 11) is 0. The molecule has 1 amide bonds. The molecule has 0 atom stereocenters. The van der Waals surface area contributed by atoms with Crippen LogP contribution in [-0.2, 0) is 12.8 Å². The molecule has 0 saturated carbocycles. The van der Waals surface area contributed by atoms with Gasteiger partial charge < -0.3 is 4.42 Å². The summed E-state index contributed by atoms with van der Waals surface area (Å²) < 4.78 is 7.29. The molecule has 3 aromatic heterocycles. The largest absolute Gasteiger partial charge is 0.455 e. The number of thiophene rings is 1. The van der Waals surface area contributed by atoms with Crippen LogP contribution in [0.5, 0.6) is 0 Å². The van der Waals surface area contributed by atoms with Crippen LogP contribution in [0.4, 0.5) is 0 Å². The molecule has 0 aliphatic heterocycles. The summed E-state index contributed by atoms with van der Waals surface area (Å²) in [6.45, 7) is 0. The van der Waals surface area contributed by atoms with E-state index in [1.807, 2.05) is 18.2 Å². The molecule has 2 aromatic carbocycles. The van der Waals surface area contributed by atoms with Crippen molar-refractivity contribution in [3.05, 3.63) is 104 Å².